The second kappa shape index (κ2) is 9.45. The predicted molar refractivity (Wildman–Crippen MR) is 106 cm³/mol. The third-order valence-electron chi connectivity index (χ3n) is 3.63. The Bertz CT molecular complexity index is 771. The summed E-state index contributed by atoms with van der Waals surface area (Å²) in [6.07, 6.45) is 1.91. The number of hydrogen-bond donors (Lipinski definition) is 2. The van der Waals surface area contributed by atoms with Crippen LogP contribution in [0.3, 0.4) is 0 Å². The van der Waals surface area contributed by atoms with Gasteiger partial charge in [0.15, 0.2) is 0 Å². The summed E-state index contributed by atoms with van der Waals surface area (Å²) in [4.78, 5) is 31.2. The number of carbonyl (C=O) groups is 2. The molecule has 1 aromatic carbocycles. The first-order valence-corrected chi connectivity index (χ1v) is 9.48. The van der Waals surface area contributed by atoms with Crippen molar-refractivity contribution in [1.82, 2.24) is 15.2 Å². The first-order valence-electron chi connectivity index (χ1n) is 8.67. The van der Waals surface area contributed by atoms with Crippen LogP contribution >= 0.6 is 11.3 Å². The van der Waals surface area contributed by atoms with Gasteiger partial charge >= 0.3 is 0 Å². The number of benzene rings is 1. The summed E-state index contributed by atoms with van der Waals surface area (Å²) < 4.78 is 0. The first kappa shape index (κ1) is 20.1. The Morgan fingerprint density at radius 2 is 2.04 bits per heavy atom. The Morgan fingerprint density at radius 3 is 2.73 bits per heavy atom. The molecule has 26 heavy (non-hydrogen) atoms. The van der Waals surface area contributed by atoms with E-state index in [0.29, 0.717) is 18.0 Å². The van der Waals surface area contributed by atoms with E-state index in [4.69, 9.17) is 0 Å². The molecule has 2 N–H and O–H groups in total. The summed E-state index contributed by atoms with van der Waals surface area (Å²) in [6.45, 7) is 4.69. The number of aromatic nitrogens is 1. The molecular weight excluding hydrogens is 348 g/mol. The normalized spacial score (nSPS) is 10.8. The van der Waals surface area contributed by atoms with Crippen LogP contribution in [0.1, 0.15) is 39.3 Å². The number of nitrogens with one attached hydrogen (secondary N) is 2. The lowest BCUT2D eigenvalue weighted by atomic mass is 10.2. The molecule has 0 spiro atoms. The van der Waals surface area contributed by atoms with Gasteiger partial charge in [0.1, 0.15) is 4.88 Å². The summed E-state index contributed by atoms with van der Waals surface area (Å²) in [5.74, 6) is -0.177. The molecule has 0 unspecified atom stereocenters. The van der Waals surface area contributed by atoms with E-state index in [-0.39, 0.29) is 11.8 Å². The average molecular weight is 375 g/mol. The lowest BCUT2D eigenvalue weighted by Crippen LogP contribution is -2.27. The molecule has 1 heterocycles. The van der Waals surface area contributed by atoms with Crippen LogP contribution in [0.4, 0.5) is 5.69 Å². The lowest BCUT2D eigenvalue weighted by Gasteiger charge is -2.11. The number of rotatable bonds is 8. The van der Waals surface area contributed by atoms with Crippen LogP contribution in [-0.2, 0) is 17.8 Å². The summed E-state index contributed by atoms with van der Waals surface area (Å²) in [7, 11) is 3.69. The monoisotopic (exact) mass is 374 g/mol. The minimum Gasteiger partial charge on any atom is -0.347 e. The number of thiazole rings is 1. The highest BCUT2D eigenvalue weighted by Gasteiger charge is 2.14. The smallest absolute Gasteiger partial charge is 0.263 e. The molecule has 1 aromatic heterocycles. The number of amides is 2. The van der Waals surface area contributed by atoms with E-state index >= 15 is 0 Å². The Labute approximate surface area is 158 Å². The van der Waals surface area contributed by atoms with Crippen molar-refractivity contribution in [3.8, 4) is 0 Å². The van der Waals surface area contributed by atoms with Gasteiger partial charge in [-0.25, -0.2) is 4.98 Å². The zero-order valence-corrected chi connectivity index (χ0v) is 16.6. The number of hydrogen-bond acceptors (Lipinski definition) is 5. The second-order valence-electron chi connectivity index (χ2n) is 6.44. The van der Waals surface area contributed by atoms with Crippen LogP contribution in [0.25, 0.3) is 0 Å². The molecular formula is C19H26N4O2S. The third kappa shape index (κ3) is 5.93. The maximum atomic E-state index is 12.4. The van der Waals surface area contributed by atoms with Crippen LogP contribution in [0.15, 0.2) is 24.3 Å². The van der Waals surface area contributed by atoms with Gasteiger partial charge in [0, 0.05) is 12.2 Å². The van der Waals surface area contributed by atoms with Gasteiger partial charge in [-0.1, -0.05) is 19.1 Å². The van der Waals surface area contributed by atoms with Crippen LogP contribution < -0.4 is 10.6 Å². The van der Waals surface area contributed by atoms with Crippen LogP contribution in [0.5, 0.6) is 0 Å². The van der Waals surface area contributed by atoms with Crippen molar-refractivity contribution in [2.24, 2.45) is 0 Å². The zero-order chi connectivity index (χ0) is 19.1. The molecule has 0 fully saturated rings. The standard InChI is InChI=1S/C19H26N4O2S/c1-5-7-17-21-13(2)18(26-17)19(25)20-11-14-8-6-9-15(10-14)22-16(24)12-23(3)4/h6,8-10H,5,7,11-12H2,1-4H3,(H,20,25)(H,22,24). The molecule has 2 rings (SSSR count). The Morgan fingerprint density at radius 1 is 1.27 bits per heavy atom. The largest absolute Gasteiger partial charge is 0.347 e. The van der Waals surface area contributed by atoms with Gasteiger partial charge in [0.25, 0.3) is 5.91 Å². The zero-order valence-electron chi connectivity index (χ0n) is 15.8. The van der Waals surface area contributed by atoms with Gasteiger partial charge in [-0.2, -0.15) is 0 Å². The molecule has 0 bridgehead atoms. The third-order valence-corrected chi connectivity index (χ3v) is 4.85. The maximum absolute atomic E-state index is 12.4. The van der Waals surface area contributed by atoms with Crippen LogP contribution in [0, 0.1) is 6.92 Å². The SMILES string of the molecule is CCCc1nc(C)c(C(=O)NCc2cccc(NC(=O)CN(C)C)c2)s1. The van der Waals surface area contributed by atoms with Gasteiger partial charge < -0.3 is 15.5 Å². The molecule has 2 amide bonds. The molecule has 0 saturated carbocycles. The highest BCUT2D eigenvalue weighted by atomic mass is 32.1. The van der Waals surface area contributed by atoms with Crippen molar-refractivity contribution in [2.45, 2.75) is 33.2 Å². The summed E-state index contributed by atoms with van der Waals surface area (Å²) in [6, 6.07) is 7.49. The fraction of sp³-hybridized carbons (Fsp3) is 0.421. The topological polar surface area (TPSA) is 74.3 Å². The average Bonchev–Trinajstić information content (AvgIpc) is 2.93. The van der Waals surface area contributed by atoms with Gasteiger partial charge in [0.2, 0.25) is 5.91 Å². The van der Waals surface area contributed by atoms with Crippen LogP contribution in [0.2, 0.25) is 0 Å². The van der Waals surface area contributed by atoms with E-state index in [1.165, 1.54) is 11.3 Å². The van der Waals surface area contributed by atoms with Gasteiger partial charge in [0.05, 0.1) is 17.2 Å². The Kier molecular flexibility index (Phi) is 7.29. The molecule has 2 aromatic rings. The first-order chi connectivity index (χ1) is 12.4. The molecule has 0 radical (unpaired) electrons. The van der Waals surface area contributed by atoms with Crippen molar-refractivity contribution in [3.05, 3.63) is 45.4 Å². The fourth-order valence-electron chi connectivity index (χ4n) is 2.49. The van der Waals surface area contributed by atoms with E-state index in [9.17, 15) is 9.59 Å². The van der Waals surface area contributed by atoms with Crippen molar-refractivity contribution in [3.63, 3.8) is 0 Å². The summed E-state index contributed by atoms with van der Waals surface area (Å²) >= 11 is 1.46. The van der Waals surface area contributed by atoms with E-state index in [1.807, 2.05) is 50.2 Å². The number of nitrogens with zero attached hydrogens (tertiary/aromatic N) is 2. The molecule has 0 aliphatic heterocycles. The predicted octanol–water partition coefficient (Wildman–Crippen LogP) is 2.83. The van der Waals surface area contributed by atoms with Gasteiger partial charge in [-0.05, 0) is 51.6 Å². The molecule has 7 heteroatoms. The van der Waals surface area contributed by atoms with Crippen molar-refractivity contribution in [2.75, 3.05) is 26.0 Å². The van der Waals surface area contributed by atoms with Gasteiger partial charge in [-0.15, -0.1) is 11.3 Å². The summed E-state index contributed by atoms with van der Waals surface area (Å²) in [5.41, 5.74) is 2.43. The van der Waals surface area contributed by atoms with Crippen molar-refractivity contribution < 1.29 is 9.59 Å². The van der Waals surface area contributed by atoms with E-state index in [2.05, 4.69) is 22.5 Å². The maximum Gasteiger partial charge on any atom is 0.263 e. The molecule has 0 saturated heterocycles. The molecule has 140 valence electrons. The molecule has 0 aliphatic rings. The minimum atomic E-state index is -0.107. The van der Waals surface area contributed by atoms with Crippen molar-refractivity contribution in [1.29, 1.82) is 0 Å². The molecule has 0 atom stereocenters. The van der Waals surface area contributed by atoms with E-state index < -0.39 is 0 Å². The summed E-state index contributed by atoms with van der Waals surface area (Å²) in [5, 5.41) is 6.79. The second-order valence-corrected chi connectivity index (χ2v) is 7.52. The Balaban J connectivity index is 1.95. The number of anilines is 1. The number of carbonyl (C=O) groups excluding carboxylic acids is 2. The lowest BCUT2D eigenvalue weighted by molar-refractivity contribution is -0.116. The quantitative estimate of drug-likeness (QED) is 0.745. The highest BCUT2D eigenvalue weighted by molar-refractivity contribution is 7.13. The van der Waals surface area contributed by atoms with Gasteiger partial charge in [-0.3, -0.25) is 9.59 Å². The van der Waals surface area contributed by atoms with E-state index in [1.54, 1.807) is 0 Å². The fourth-order valence-corrected chi connectivity index (χ4v) is 3.58. The highest BCUT2D eigenvalue weighted by Crippen LogP contribution is 2.19. The molecule has 0 aliphatic carbocycles. The molecule has 6 nitrogen and oxygen atoms in total. The number of likely N-dealkylation sites (N-methyl/N-ethyl adjacent to an activating group) is 1. The van der Waals surface area contributed by atoms with E-state index in [0.717, 1.165) is 34.8 Å². The minimum absolute atomic E-state index is 0.0695. The number of aryl methyl sites for hydroxylation is 2. The van der Waals surface area contributed by atoms with Crippen LogP contribution in [-0.4, -0.2) is 42.3 Å². The Hall–Kier alpha value is -2.25. The van der Waals surface area contributed by atoms with Crippen molar-refractivity contribution >= 4 is 28.8 Å².